The molecule has 0 aliphatic carbocycles. The van der Waals surface area contributed by atoms with Gasteiger partial charge in [0.25, 0.3) is 11.5 Å². The van der Waals surface area contributed by atoms with Crippen molar-refractivity contribution in [1.29, 1.82) is 0 Å². The summed E-state index contributed by atoms with van der Waals surface area (Å²) in [6, 6.07) is 3.66. The Morgan fingerprint density at radius 3 is 2.17 bits per heavy atom. The smallest absolute Gasteiger partial charge is 0.426 e. The van der Waals surface area contributed by atoms with Gasteiger partial charge in [-0.2, -0.15) is 26.3 Å². The third kappa shape index (κ3) is 3.83. The minimum atomic E-state index is -5.97. The van der Waals surface area contributed by atoms with E-state index in [-0.39, 0.29) is 5.75 Å². The molecule has 0 fully saturated rings. The van der Waals surface area contributed by atoms with Crippen LogP contribution >= 0.6 is 0 Å². The number of methoxy groups -OCH3 is 1. The van der Waals surface area contributed by atoms with Crippen LogP contribution in [0.3, 0.4) is 0 Å². The van der Waals surface area contributed by atoms with Crippen molar-refractivity contribution in [2.24, 2.45) is 0 Å². The Bertz CT molecular complexity index is 585. The second kappa shape index (κ2) is 6.75. The summed E-state index contributed by atoms with van der Waals surface area (Å²) in [5.74, 6) is -1.86. The zero-order valence-corrected chi connectivity index (χ0v) is 12.1. The van der Waals surface area contributed by atoms with Gasteiger partial charge in [0.15, 0.2) is 0 Å². The Hall–Kier alpha value is -2.17. The van der Waals surface area contributed by atoms with Gasteiger partial charge in [0.2, 0.25) is 0 Å². The highest BCUT2D eigenvalue weighted by Crippen LogP contribution is 2.45. The molecular weight excluding hydrogens is 348 g/mol. The predicted molar refractivity (Wildman–Crippen MR) is 68.7 cm³/mol. The molecule has 0 unspecified atom stereocenters. The number of ether oxygens (including phenoxy) is 1. The first-order valence-electron chi connectivity index (χ1n) is 6.35. The SMILES string of the molecule is COc1cccc(O)c1C(=O)NCCC(O)(C(F)(F)F)C(F)(F)F. The summed E-state index contributed by atoms with van der Waals surface area (Å²) in [6.07, 6.45) is -13.8. The molecule has 0 saturated heterocycles. The van der Waals surface area contributed by atoms with Crippen LogP contribution in [0.2, 0.25) is 0 Å². The molecule has 0 bridgehead atoms. The topological polar surface area (TPSA) is 78.8 Å². The molecule has 0 aromatic heterocycles. The molecule has 0 aliphatic rings. The number of halogens is 6. The van der Waals surface area contributed by atoms with Gasteiger partial charge < -0.3 is 20.3 Å². The van der Waals surface area contributed by atoms with Crippen LogP contribution in [0, 0.1) is 0 Å². The zero-order chi connectivity index (χ0) is 18.8. The highest BCUT2D eigenvalue weighted by atomic mass is 19.4. The van der Waals surface area contributed by atoms with Crippen LogP contribution in [0.25, 0.3) is 0 Å². The molecule has 5 nitrogen and oxygen atoms in total. The lowest BCUT2D eigenvalue weighted by Crippen LogP contribution is -2.58. The van der Waals surface area contributed by atoms with Crippen molar-refractivity contribution in [3.05, 3.63) is 23.8 Å². The maximum atomic E-state index is 12.5. The maximum absolute atomic E-state index is 12.5. The normalized spacial score (nSPS) is 12.8. The van der Waals surface area contributed by atoms with Crippen molar-refractivity contribution in [2.45, 2.75) is 24.4 Å². The van der Waals surface area contributed by atoms with E-state index in [0.717, 1.165) is 13.2 Å². The van der Waals surface area contributed by atoms with Crippen LogP contribution in [-0.2, 0) is 0 Å². The summed E-state index contributed by atoms with van der Waals surface area (Å²) in [6.45, 7) is -1.15. The number of hydrogen-bond acceptors (Lipinski definition) is 4. The average Bonchev–Trinajstić information content (AvgIpc) is 2.44. The van der Waals surface area contributed by atoms with Crippen LogP contribution in [0.4, 0.5) is 26.3 Å². The van der Waals surface area contributed by atoms with Crippen molar-refractivity contribution < 1.29 is 46.1 Å². The van der Waals surface area contributed by atoms with E-state index >= 15 is 0 Å². The predicted octanol–water partition coefficient (Wildman–Crippen LogP) is 2.38. The number of alkyl halides is 6. The summed E-state index contributed by atoms with van der Waals surface area (Å²) >= 11 is 0. The Kier molecular flexibility index (Phi) is 5.59. The van der Waals surface area contributed by atoms with Gasteiger partial charge >= 0.3 is 12.4 Å². The number of amides is 1. The quantitative estimate of drug-likeness (QED) is 0.704. The van der Waals surface area contributed by atoms with E-state index in [2.05, 4.69) is 0 Å². The van der Waals surface area contributed by atoms with Gasteiger partial charge in [0.05, 0.1) is 7.11 Å². The molecule has 1 amide bonds. The number of benzene rings is 1. The number of carbonyl (C=O) groups excluding carboxylic acids is 1. The third-order valence-electron chi connectivity index (χ3n) is 3.16. The number of rotatable bonds is 5. The van der Waals surface area contributed by atoms with E-state index in [0.29, 0.717) is 0 Å². The monoisotopic (exact) mass is 361 g/mol. The summed E-state index contributed by atoms with van der Waals surface area (Å²) in [5.41, 5.74) is -5.42. The molecule has 1 aromatic rings. The van der Waals surface area contributed by atoms with E-state index in [1.165, 1.54) is 12.1 Å². The van der Waals surface area contributed by atoms with Crippen molar-refractivity contribution >= 4 is 5.91 Å². The lowest BCUT2D eigenvalue weighted by molar-refractivity contribution is -0.369. The van der Waals surface area contributed by atoms with Gasteiger partial charge in [-0.25, -0.2) is 0 Å². The third-order valence-corrected chi connectivity index (χ3v) is 3.16. The number of phenolic OH excluding ortho intramolecular Hbond substituents is 1. The van der Waals surface area contributed by atoms with E-state index in [9.17, 15) is 36.2 Å². The minimum absolute atomic E-state index is 0.130. The van der Waals surface area contributed by atoms with E-state index in [4.69, 9.17) is 9.84 Å². The van der Waals surface area contributed by atoms with Gasteiger partial charge in [-0.15, -0.1) is 0 Å². The Labute approximate surface area is 131 Å². The Morgan fingerprint density at radius 2 is 1.71 bits per heavy atom. The molecule has 3 N–H and O–H groups in total. The average molecular weight is 361 g/mol. The number of carbonyl (C=O) groups is 1. The van der Waals surface area contributed by atoms with Crippen molar-refractivity contribution in [3.63, 3.8) is 0 Å². The van der Waals surface area contributed by atoms with Gasteiger partial charge in [-0.1, -0.05) is 6.07 Å². The fourth-order valence-corrected chi connectivity index (χ4v) is 1.81. The molecule has 0 spiro atoms. The van der Waals surface area contributed by atoms with Crippen LogP contribution in [0.15, 0.2) is 18.2 Å². The molecule has 1 rings (SSSR count). The number of nitrogens with one attached hydrogen (secondary N) is 1. The van der Waals surface area contributed by atoms with Crippen LogP contribution in [0.1, 0.15) is 16.8 Å². The van der Waals surface area contributed by atoms with E-state index < -0.39 is 48.1 Å². The molecule has 136 valence electrons. The number of phenols is 1. The van der Waals surface area contributed by atoms with Gasteiger partial charge in [-0.05, 0) is 12.1 Å². The number of aromatic hydroxyl groups is 1. The van der Waals surface area contributed by atoms with Gasteiger partial charge in [0.1, 0.15) is 17.1 Å². The fourth-order valence-electron chi connectivity index (χ4n) is 1.81. The largest absolute Gasteiger partial charge is 0.507 e. The highest BCUT2D eigenvalue weighted by Gasteiger charge is 2.69. The maximum Gasteiger partial charge on any atom is 0.426 e. The Morgan fingerprint density at radius 1 is 1.17 bits per heavy atom. The zero-order valence-electron chi connectivity index (χ0n) is 12.1. The summed E-state index contributed by atoms with van der Waals surface area (Å²) in [5, 5.41) is 20.3. The molecule has 1 aromatic carbocycles. The standard InChI is InChI=1S/C13H13F6NO4/c1-24-8-4-2-3-7(21)9(8)10(22)20-6-5-11(23,12(14,15)16)13(17,18)19/h2-4,21,23H,5-6H2,1H3,(H,20,22). The van der Waals surface area contributed by atoms with E-state index in [1.807, 2.05) is 0 Å². The summed E-state index contributed by atoms with van der Waals surface area (Å²) in [7, 11) is 1.15. The molecule has 0 saturated carbocycles. The fraction of sp³-hybridized carbons (Fsp3) is 0.462. The second-order valence-electron chi connectivity index (χ2n) is 4.72. The number of hydrogen-bond donors (Lipinski definition) is 3. The molecule has 0 aliphatic heterocycles. The molecule has 24 heavy (non-hydrogen) atoms. The van der Waals surface area contributed by atoms with Crippen molar-refractivity contribution in [3.8, 4) is 11.5 Å². The first-order valence-corrected chi connectivity index (χ1v) is 6.35. The first kappa shape index (κ1) is 19.9. The summed E-state index contributed by atoms with van der Waals surface area (Å²) in [4.78, 5) is 11.8. The molecule has 0 atom stereocenters. The van der Waals surface area contributed by atoms with E-state index in [1.54, 1.807) is 5.32 Å². The van der Waals surface area contributed by atoms with Crippen molar-refractivity contribution in [2.75, 3.05) is 13.7 Å². The van der Waals surface area contributed by atoms with Crippen LogP contribution in [-0.4, -0.2) is 47.7 Å². The van der Waals surface area contributed by atoms with Crippen LogP contribution in [0.5, 0.6) is 11.5 Å². The minimum Gasteiger partial charge on any atom is -0.507 e. The first-order chi connectivity index (χ1) is 10.8. The molecule has 0 radical (unpaired) electrons. The van der Waals surface area contributed by atoms with Crippen molar-refractivity contribution in [1.82, 2.24) is 5.32 Å². The summed E-state index contributed by atoms with van der Waals surface area (Å²) < 4.78 is 79.7. The Balaban J connectivity index is 2.89. The molecule has 0 heterocycles. The highest BCUT2D eigenvalue weighted by molar-refractivity contribution is 5.99. The molecular formula is C13H13F6NO4. The lowest BCUT2D eigenvalue weighted by atomic mass is 9.98. The van der Waals surface area contributed by atoms with Crippen LogP contribution < -0.4 is 10.1 Å². The van der Waals surface area contributed by atoms with Gasteiger partial charge in [0, 0.05) is 13.0 Å². The second-order valence-corrected chi connectivity index (χ2v) is 4.72. The molecule has 11 heteroatoms. The van der Waals surface area contributed by atoms with Gasteiger partial charge in [-0.3, -0.25) is 4.79 Å². The lowest BCUT2D eigenvalue weighted by Gasteiger charge is -2.32. The number of aliphatic hydroxyl groups is 1.